The highest BCUT2D eigenvalue weighted by Crippen LogP contribution is 2.40. The standard InChI is InChI=1S/C20H22N2O2S/c1-12(2)17-19(23)21-9-10-22(17)20(24)16-11-14-8-7-13-5-3-4-6-15(13)18(14)25-16/h3-6,11-12,17H,7-10H2,1-2H3,(H,21,23)/t17-/m0/s1. The van der Waals surface area contributed by atoms with E-state index in [-0.39, 0.29) is 23.8 Å². The van der Waals surface area contributed by atoms with E-state index in [1.807, 2.05) is 19.9 Å². The van der Waals surface area contributed by atoms with Gasteiger partial charge in [-0.05, 0) is 41.5 Å². The van der Waals surface area contributed by atoms with Gasteiger partial charge in [0.2, 0.25) is 5.91 Å². The summed E-state index contributed by atoms with van der Waals surface area (Å²) in [5.41, 5.74) is 3.87. The summed E-state index contributed by atoms with van der Waals surface area (Å²) in [6.45, 7) is 5.09. The maximum atomic E-state index is 13.1. The van der Waals surface area contributed by atoms with Gasteiger partial charge in [0.25, 0.3) is 5.91 Å². The van der Waals surface area contributed by atoms with Gasteiger partial charge in [-0.2, -0.15) is 0 Å². The minimum absolute atomic E-state index is 0.00886. The third kappa shape index (κ3) is 2.76. The quantitative estimate of drug-likeness (QED) is 0.901. The molecule has 1 atom stereocenters. The van der Waals surface area contributed by atoms with Crippen molar-refractivity contribution in [1.82, 2.24) is 10.2 Å². The number of fused-ring (bicyclic) bond motifs is 3. The predicted octanol–water partition coefficient (Wildman–Crippen LogP) is 3.11. The Hall–Kier alpha value is -2.14. The van der Waals surface area contributed by atoms with E-state index in [0.29, 0.717) is 13.1 Å². The van der Waals surface area contributed by atoms with E-state index in [1.165, 1.54) is 21.6 Å². The molecule has 25 heavy (non-hydrogen) atoms. The molecule has 130 valence electrons. The van der Waals surface area contributed by atoms with Crippen LogP contribution in [0.15, 0.2) is 30.3 Å². The molecule has 2 aliphatic rings. The Bertz CT molecular complexity index is 840. The molecule has 0 saturated carbocycles. The molecule has 2 amide bonds. The van der Waals surface area contributed by atoms with Crippen LogP contribution in [0.2, 0.25) is 0 Å². The minimum Gasteiger partial charge on any atom is -0.353 e. The van der Waals surface area contributed by atoms with Crippen molar-refractivity contribution in [3.63, 3.8) is 0 Å². The van der Waals surface area contributed by atoms with Crippen molar-refractivity contribution in [2.75, 3.05) is 13.1 Å². The maximum absolute atomic E-state index is 13.1. The molecule has 1 N–H and O–H groups in total. The Labute approximate surface area is 151 Å². The van der Waals surface area contributed by atoms with Crippen LogP contribution in [0.1, 0.15) is 34.6 Å². The van der Waals surface area contributed by atoms with Crippen molar-refractivity contribution >= 4 is 23.2 Å². The van der Waals surface area contributed by atoms with E-state index in [4.69, 9.17) is 0 Å². The van der Waals surface area contributed by atoms with Gasteiger partial charge >= 0.3 is 0 Å². The van der Waals surface area contributed by atoms with Crippen molar-refractivity contribution in [2.24, 2.45) is 5.92 Å². The summed E-state index contributed by atoms with van der Waals surface area (Å²) in [6, 6.07) is 10.1. The van der Waals surface area contributed by atoms with E-state index in [9.17, 15) is 9.59 Å². The van der Waals surface area contributed by atoms with Crippen LogP contribution in [0.25, 0.3) is 10.4 Å². The van der Waals surface area contributed by atoms with Gasteiger partial charge in [0.1, 0.15) is 6.04 Å². The summed E-state index contributed by atoms with van der Waals surface area (Å²) in [5, 5.41) is 2.88. The molecule has 1 aliphatic carbocycles. The number of hydrogen-bond acceptors (Lipinski definition) is 3. The first-order valence-corrected chi connectivity index (χ1v) is 9.67. The van der Waals surface area contributed by atoms with Crippen molar-refractivity contribution in [2.45, 2.75) is 32.7 Å². The van der Waals surface area contributed by atoms with Gasteiger partial charge in [-0.25, -0.2) is 0 Å². The van der Waals surface area contributed by atoms with Gasteiger partial charge in [0, 0.05) is 18.0 Å². The monoisotopic (exact) mass is 354 g/mol. The number of nitrogens with zero attached hydrogens (tertiary/aromatic N) is 1. The number of carbonyl (C=O) groups is 2. The van der Waals surface area contributed by atoms with Gasteiger partial charge < -0.3 is 10.2 Å². The molecule has 0 radical (unpaired) electrons. The maximum Gasteiger partial charge on any atom is 0.264 e. The van der Waals surface area contributed by atoms with Gasteiger partial charge in [-0.1, -0.05) is 38.1 Å². The highest BCUT2D eigenvalue weighted by atomic mass is 32.1. The second-order valence-corrected chi connectivity index (χ2v) is 8.15. The van der Waals surface area contributed by atoms with Crippen LogP contribution in [0.3, 0.4) is 0 Å². The Morgan fingerprint density at radius 1 is 1.24 bits per heavy atom. The fourth-order valence-corrected chi connectivity index (χ4v) is 5.12. The van der Waals surface area contributed by atoms with Gasteiger partial charge in [-0.3, -0.25) is 9.59 Å². The Morgan fingerprint density at radius 2 is 2.00 bits per heavy atom. The first-order chi connectivity index (χ1) is 12.1. The topological polar surface area (TPSA) is 49.4 Å². The van der Waals surface area contributed by atoms with Gasteiger partial charge in [0.15, 0.2) is 0 Å². The van der Waals surface area contributed by atoms with E-state index in [0.717, 1.165) is 17.7 Å². The van der Waals surface area contributed by atoms with Crippen LogP contribution in [0, 0.1) is 5.92 Å². The van der Waals surface area contributed by atoms with Gasteiger partial charge in [0.05, 0.1) is 4.88 Å². The van der Waals surface area contributed by atoms with Crippen LogP contribution < -0.4 is 5.32 Å². The molecule has 5 heteroatoms. The summed E-state index contributed by atoms with van der Waals surface area (Å²) in [4.78, 5) is 29.1. The lowest BCUT2D eigenvalue weighted by Crippen LogP contribution is -2.59. The molecule has 1 fully saturated rings. The Balaban J connectivity index is 1.68. The molecule has 1 aromatic carbocycles. The first kappa shape index (κ1) is 16.3. The zero-order chi connectivity index (χ0) is 17.6. The molecule has 0 unspecified atom stereocenters. The number of amides is 2. The number of rotatable bonds is 2. The molecule has 4 rings (SSSR count). The van der Waals surface area contributed by atoms with Gasteiger partial charge in [-0.15, -0.1) is 11.3 Å². The lowest BCUT2D eigenvalue weighted by molar-refractivity contribution is -0.129. The second-order valence-electron chi connectivity index (χ2n) is 7.10. The van der Waals surface area contributed by atoms with E-state index >= 15 is 0 Å². The molecular weight excluding hydrogens is 332 g/mol. The molecular formula is C20H22N2O2S. The highest BCUT2D eigenvalue weighted by Gasteiger charge is 2.36. The molecule has 1 aromatic heterocycles. The number of aryl methyl sites for hydroxylation is 2. The lowest BCUT2D eigenvalue weighted by Gasteiger charge is -2.37. The molecule has 2 aromatic rings. The Morgan fingerprint density at radius 3 is 2.80 bits per heavy atom. The van der Waals surface area contributed by atoms with Crippen LogP contribution in [0.5, 0.6) is 0 Å². The predicted molar refractivity (Wildman–Crippen MR) is 99.8 cm³/mol. The number of benzene rings is 1. The Kier molecular flexibility index (Phi) is 4.12. The zero-order valence-electron chi connectivity index (χ0n) is 14.5. The van der Waals surface area contributed by atoms with E-state index < -0.39 is 0 Å². The number of piperazine rings is 1. The molecule has 0 bridgehead atoms. The van der Waals surface area contributed by atoms with Crippen molar-refractivity contribution in [3.8, 4) is 10.4 Å². The molecule has 4 nitrogen and oxygen atoms in total. The zero-order valence-corrected chi connectivity index (χ0v) is 15.4. The van der Waals surface area contributed by atoms with E-state index in [1.54, 1.807) is 16.2 Å². The smallest absolute Gasteiger partial charge is 0.264 e. The number of nitrogens with one attached hydrogen (secondary N) is 1. The molecule has 1 aliphatic heterocycles. The average molecular weight is 354 g/mol. The molecule has 0 spiro atoms. The van der Waals surface area contributed by atoms with Crippen molar-refractivity contribution in [3.05, 3.63) is 46.3 Å². The fraction of sp³-hybridized carbons (Fsp3) is 0.400. The fourth-order valence-electron chi connectivity index (χ4n) is 3.89. The second kappa shape index (κ2) is 6.30. The molecule has 1 saturated heterocycles. The minimum atomic E-state index is -0.382. The third-order valence-corrected chi connectivity index (χ3v) is 6.29. The van der Waals surface area contributed by atoms with Crippen molar-refractivity contribution in [1.29, 1.82) is 0 Å². The molecule has 2 heterocycles. The summed E-state index contributed by atoms with van der Waals surface area (Å²) in [7, 11) is 0. The highest BCUT2D eigenvalue weighted by molar-refractivity contribution is 7.17. The number of carbonyl (C=O) groups excluding carboxylic acids is 2. The SMILES string of the molecule is CC(C)[C@H]1C(=O)NCCN1C(=O)c1cc2c(s1)-c1ccccc1CC2. The number of hydrogen-bond donors (Lipinski definition) is 1. The summed E-state index contributed by atoms with van der Waals surface area (Å²) in [5.74, 6) is 0.0475. The van der Waals surface area contributed by atoms with Crippen LogP contribution in [-0.4, -0.2) is 35.8 Å². The summed E-state index contributed by atoms with van der Waals surface area (Å²) in [6.07, 6.45) is 2.00. The largest absolute Gasteiger partial charge is 0.353 e. The summed E-state index contributed by atoms with van der Waals surface area (Å²) < 4.78 is 0. The summed E-state index contributed by atoms with van der Waals surface area (Å²) >= 11 is 1.57. The lowest BCUT2D eigenvalue weighted by atomic mass is 9.91. The van der Waals surface area contributed by atoms with Crippen molar-refractivity contribution < 1.29 is 9.59 Å². The van der Waals surface area contributed by atoms with Crippen LogP contribution in [-0.2, 0) is 17.6 Å². The normalized spacial score (nSPS) is 19.4. The first-order valence-electron chi connectivity index (χ1n) is 8.86. The van der Waals surface area contributed by atoms with E-state index in [2.05, 4.69) is 29.6 Å². The van der Waals surface area contributed by atoms with Crippen LogP contribution >= 0.6 is 11.3 Å². The number of thiophene rings is 1. The third-order valence-electron chi connectivity index (χ3n) is 5.09. The average Bonchev–Trinajstić information content (AvgIpc) is 3.05. The van der Waals surface area contributed by atoms with Crippen LogP contribution in [0.4, 0.5) is 0 Å².